The van der Waals surface area contributed by atoms with E-state index >= 15 is 0 Å². The predicted octanol–water partition coefficient (Wildman–Crippen LogP) is 4.89. The minimum atomic E-state index is -3.85. The van der Waals surface area contributed by atoms with E-state index in [9.17, 15) is 25.6 Å². The minimum absolute atomic E-state index is 0.0151. The van der Waals surface area contributed by atoms with Crippen molar-refractivity contribution < 1.29 is 25.6 Å². The summed E-state index contributed by atoms with van der Waals surface area (Å²) in [4.78, 5) is -0.239. The number of sulfonamides is 1. The standard InChI is InChI=1S/C10H11BrFNO2S.C6H3BrClFO2S/c11-8-5-9(12)7-10(6-8)16(14,15)13-3-1-2-4-13;7-4-1-5(9)3-6(2-4)12(8,10)11/h5-7H,1-4H2;1-3H. The van der Waals surface area contributed by atoms with Crippen LogP contribution in [0.2, 0.25) is 0 Å². The molecular weight excluding hydrogens is 568 g/mol. The largest absolute Gasteiger partial charge is 0.261 e. The van der Waals surface area contributed by atoms with Crippen LogP contribution in [0.5, 0.6) is 0 Å². The van der Waals surface area contributed by atoms with Gasteiger partial charge in [0.2, 0.25) is 10.0 Å². The highest BCUT2D eigenvalue weighted by molar-refractivity contribution is 9.10. The number of rotatable bonds is 3. The van der Waals surface area contributed by atoms with Crippen molar-refractivity contribution in [2.75, 3.05) is 13.1 Å². The number of nitrogens with zero attached hydrogens (tertiary/aromatic N) is 1. The molecule has 0 N–H and O–H groups in total. The maximum absolute atomic E-state index is 13.1. The van der Waals surface area contributed by atoms with Gasteiger partial charge in [0.05, 0.1) is 9.79 Å². The van der Waals surface area contributed by atoms with E-state index in [2.05, 4.69) is 31.9 Å². The van der Waals surface area contributed by atoms with Crippen LogP contribution in [0, 0.1) is 11.6 Å². The molecule has 28 heavy (non-hydrogen) atoms. The highest BCUT2D eigenvalue weighted by Gasteiger charge is 2.27. The van der Waals surface area contributed by atoms with Crippen LogP contribution in [0.3, 0.4) is 0 Å². The van der Waals surface area contributed by atoms with Crippen LogP contribution < -0.4 is 0 Å². The molecule has 0 spiro atoms. The maximum Gasteiger partial charge on any atom is 0.261 e. The first-order valence-corrected chi connectivity index (χ1v) is 13.1. The van der Waals surface area contributed by atoms with Gasteiger partial charge in [0.1, 0.15) is 11.6 Å². The van der Waals surface area contributed by atoms with E-state index in [0.29, 0.717) is 22.0 Å². The fourth-order valence-electron chi connectivity index (χ4n) is 2.42. The highest BCUT2D eigenvalue weighted by atomic mass is 79.9. The van der Waals surface area contributed by atoms with Gasteiger partial charge in [0.15, 0.2) is 0 Å². The second kappa shape index (κ2) is 9.48. The van der Waals surface area contributed by atoms with E-state index in [-0.39, 0.29) is 9.79 Å². The molecule has 2 aromatic rings. The Bertz CT molecular complexity index is 1040. The number of benzene rings is 2. The number of halogens is 5. The molecule has 0 atom stereocenters. The molecule has 1 heterocycles. The predicted molar refractivity (Wildman–Crippen MR) is 109 cm³/mol. The van der Waals surface area contributed by atoms with Crippen LogP contribution in [0.15, 0.2) is 55.1 Å². The zero-order valence-corrected chi connectivity index (χ0v) is 19.6. The number of hydrogen-bond donors (Lipinski definition) is 0. The van der Waals surface area contributed by atoms with Crippen LogP contribution in [0.4, 0.5) is 8.78 Å². The SMILES string of the molecule is O=S(=O)(Cl)c1cc(F)cc(Br)c1.O=S(=O)(c1cc(F)cc(Br)c1)N1CCCC1. The maximum atomic E-state index is 13.1. The van der Waals surface area contributed by atoms with E-state index in [1.54, 1.807) is 0 Å². The Hall–Kier alpha value is -0.590. The molecule has 0 aliphatic carbocycles. The van der Waals surface area contributed by atoms with E-state index in [0.717, 1.165) is 31.0 Å². The highest BCUT2D eigenvalue weighted by Crippen LogP contribution is 2.24. The summed E-state index contributed by atoms with van der Waals surface area (Å²) in [5.41, 5.74) is 0. The summed E-state index contributed by atoms with van der Waals surface area (Å²) in [6, 6.07) is 6.95. The van der Waals surface area contributed by atoms with Crippen molar-refractivity contribution in [1.29, 1.82) is 0 Å². The molecule has 0 radical (unpaired) electrons. The average molecular weight is 582 g/mol. The molecule has 0 saturated carbocycles. The Morgan fingerprint density at radius 3 is 1.64 bits per heavy atom. The third-order valence-electron chi connectivity index (χ3n) is 3.66. The Morgan fingerprint density at radius 1 is 0.786 bits per heavy atom. The van der Waals surface area contributed by atoms with Gasteiger partial charge in [0.25, 0.3) is 9.05 Å². The Labute approximate surface area is 183 Å². The van der Waals surface area contributed by atoms with Crippen LogP contribution in [0.25, 0.3) is 0 Å². The van der Waals surface area contributed by atoms with Crippen molar-refractivity contribution in [3.63, 3.8) is 0 Å². The van der Waals surface area contributed by atoms with Crippen molar-refractivity contribution in [1.82, 2.24) is 4.31 Å². The van der Waals surface area contributed by atoms with Crippen molar-refractivity contribution in [2.45, 2.75) is 22.6 Å². The third kappa shape index (κ3) is 6.46. The summed E-state index contributed by atoms with van der Waals surface area (Å²) in [6.07, 6.45) is 1.74. The molecule has 154 valence electrons. The van der Waals surface area contributed by atoms with Gasteiger partial charge in [-0.05, 0) is 49.2 Å². The Kier molecular flexibility index (Phi) is 8.02. The molecule has 1 fully saturated rings. The van der Waals surface area contributed by atoms with E-state index < -0.39 is 30.7 Å². The smallest absolute Gasteiger partial charge is 0.207 e. The van der Waals surface area contributed by atoms with Crippen LogP contribution >= 0.6 is 42.5 Å². The lowest BCUT2D eigenvalue weighted by Crippen LogP contribution is -2.27. The summed E-state index contributed by atoms with van der Waals surface area (Å²) < 4.78 is 73.5. The van der Waals surface area contributed by atoms with Crippen LogP contribution in [-0.4, -0.2) is 34.2 Å². The lowest BCUT2D eigenvalue weighted by atomic mass is 10.3. The molecule has 1 aliphatic rings. The summed E-state index contributed by atoms with van der Waals surface area (Å²) in [5.74, 6) is -1.20. The average Bonchev–Trinajstić information content (AvgIpc) is 3.08. The lowest BCUT2D eigenvalue weighted by molar-refractivity contribution is 0.476. The molecule has 3 rings (SSSR count). The zero-order valence-electron chi connectivity index (χ0n) is 14.1. The minimum Gasteiger partial charge on any atom is -0.207 e. The fourth-order valence-corrected chi connectivity index (χ4v) is 6.02. The van der Waals surface area contributed by atoms with Crippen molar-refractivity contribution in [3.05, 3.63) is 57.0 Å². The molecule has 12 heteroatoms. The van der Waals surface area contributed by atoms with E-state index in [1.807, 2.05) is 0 Å². The fraction of sp³-hybridized carbons (Fsp3) is 0.250. The van der Waals surface area contributed by atoms with Gasteiger partial charge in [-0.1, -0.05) is 31.9 Å². The van der Waals surface area contributed by atoms with Gasteiger partial charge in [-0.15, -0.1) is 0 Å². The van der Waals surface area contributed by atoms with Crippen LogP contribution in [0.1, 0.15) is 12.8 Å². The Balaban J connectivity index is 0.000000209. The third-order valence-corrected chi connectivity index (χ3v) is 7.78. The normalized spacial score (nSPS) is 15.2. The molecular formula is C16H14Br2ClF2NO4S2. The first-order valence-electron chi connectivity index (χ1n) is 7.76. The summed E-state index contributed by atoms with van der Waals surface area (Å²) in [7, 11) is -2.38. The molecule has 0 aromatic heterocycles. The zero-order chi connectivity index (χ0) is 21.1. The van der Waals surface area contributed by atoms with Crippen molar-refractivity contribution in [2.24, 2.45) is 0 Å². The quantitative estimate of drug-likeness (QED) is 0.484. The molecule has 2 aromatic carbocycles. The summed E-state index contributed by atoms with van der Waals surface area (Å²) >= 11 is 6.03. The second-order valence-corrected chi connectivity index (χ2v) is 12.1. The van der Waals surface area contributed by atoms with Gasteiger partial charge >= 0.3 is 0 Å². The van der Waals surface area contributed by atoms with Crippen molar-refractivity contribution in [3.8, 4) is 0 Å². The van der Waals surface area contributed by atoms with Gasteiger partial charge in [0, 0.05) is 32.7 Å². The van der Waals surface area contributed by atoms with Gasteiger partial charge in [-0.2, -0.15) is 4.31 Å². The topological polar surface area (TPSA) is 71.5 Å². The van der Waals surface area contributed by atoms with Gasteiger partial charge in [-0.25, -0.2) is 25.6 Å². The van der Waals surface area contributed by atoms with Crippen molar-refractivity contribution >= 4 is 61.6 Å². The van der Waals surface area contributed by atoms with E-state index in [1.165, 1.54) is 22.5 Å². The molecule has 1 aliphatic heterocycles. The van der Waals surface area contributed by atoms with Gasteiger partial charge < -0.3 is 0 Å². The molecule has 0 bridgehead atoms. The summed E-state index contributed by atoms with van der Waals surface area (Å²) in [6.45, 7) is 1.05. The first kappa shape index (κ1) is 23.7. The monoisotopic (exact) mass is 579 g/mol. The second-order valence-electron chi connectivity index (χ2n) is 5.76. The van der Waals surface area contributed by atoms with Crippen LogP contribution in [-0.2, 0) is 19.1 Å². The van der Waals surface area contributed by atoms with Gasteiger partial charge in [-0.3, -0.25) is 0 Å². The van der Waals surface area contributed by atoms with E-state index in [4.69, 9.17) is 10.7 Å². The number of hydrogen-bond acceptors (Lipinski definition) is 4. The first-order chi connectivity index (χ1) is 12.9. The lowest BCUT2D eigenvalue weighted by Gasteiger charge is -2.15. The Morgan fingerprint density at radius 2 is 1.21 bits per heavy atom. The molecule has 1 saturated heterocycles. The molecule has 0 unspecified atom stereocenters. The molecule has 0 amide bonds. The summed E-state index contributed by atoms with van der Waals surface area (Å²) in [5, 5.41) is 0. The molecule has 5 nitrogen and oxygen atoms in total.